The van der Waals surface area contributed by atoms with Gasteiger partial charge < -0.3 is 19.1 Å². The normalized spacial score (nSPS) is 14.0. The quantitative estimate of drug-likeness (QED) is 0.843. The number of amides is 1. The summed E-state index contributed by atoms with van der Waals surface area (Å²) < 4.78 is 16.0. The first kappa shape index (κ1) is 16.1. The second-order valence-electron chi connectivity index (χ2n) is 5.57. The topological polar surface area (TPSA) is 60.9 Å². The van der Waals surface area contributed by atoms with Crippen LogP contribution in [0.25, 0.3) is 0 Å². The van der Waals surface area contributed by atoms with E-state index in [2.05, 4.69) is 4.98 Å². The summed E-state index contributed by atoms with van der Waals surface area (Å²) in [6, 6.07) is 7.41. The lowest BCUT2D eigenvalue weighted by Crippen LogP contribution is -2.48. The van der Waals surface area contributed by atoms with Gasteiger partial charge in [0.2, 0.25) is 5.75 Å². The van der Waals surface area contributed by atoms with E-state index >= 15 is 0 Å². The summed E-state index contributed by atoms with van der Waals surface area (Å²) in [7, 11) is 4.59. The van der Waals surface area contributed by atoms with Gasteiger partial charge in [0.25, 0.3) is 5.91 Å². The smallest absolute Gasteiger partial charge is 0.257 e. The van der Waals surface area contributed by atoms with Crippen molar-refractivity contribution in [2.45, 2.75) is 5.92 Å². The molecule has 0 aliphatic carbocycles. The number of carbonyl (C=O) groups excluding carboxylic acids is 1. The van der Waals surface area contributed by atoms with Crippen LogP contribution in [0.5, 0.6) is 17.2 Å². The molecule has 0 bridgehead atoms. The van der Waals surface area contributed by atoms with Crippen LogP contribution >= 0.6 is 0 Å². The summed E-state index contributed by atoms with van der Waals surface area (Å²) in [5.41, 5.74) is 1.68. The summed E-state index contributed by atoms with van der Waals surface area (Å²) in [4.78, 5) is 18.6. The first-order valence-electron chi connectivity index (χ1n) is 7.67. The third kappa shape index (κ3) is 2.75. The van der Waals surface area contributed by atoms with Gasteiger partial charge in [-0.1, -0.05) is 0 Å². The molecule has 126 valence electrons. The van der Waals surface area contributed by atoms with Gasteiger partial charge in [0.15, 0.2) is 11.5 Å². The Kier molecular flexibility index (Phi) is 4.55. The van der Waals surface area contributed by atoms with Gasteiger partial charge in [-0.05, 0) is 29.8 Å². The summed E-state index contributed by atoms with van der Waals surface area (Å²) in [5, 5.41) is 0. The first-order chi connectivity index (χ1) is 11.7. The zero-order chi connectivity index (χ0) is 17.1. The summed E-state index contributed by atoms with van der Waals surface area (Å²) in [6.45, 7) is 1.36. The van der Waals surface area contributed by atoms with Gasteiger partial charge >= 0.3 is 0 Å². The minimum absolute atomic E-state index is 0.0712. The van der Waals surface area contributed by atoms with Crippen LogP contribution in [0.3, 0.4) is 0 Å². The van der Waals surface area contributed by atoms with Gasteiger partial charge in [-0.3, -0.25) is 9.78 Å². The maximum atomic E-state index is 12.8. The van der Waals surface area contributed by atoms with Crippen molar-refractivity contribution < 1.29 is 19.0 Å². The fraction of sp³-hybridized carbons (Fsp3) is 0.333. The molecule has 6 heteroatoms. The fourth-order valence-electron chi connectivity index (χ4n) is 2.93. The molecule has 24 heavy (non-hydrogen) atoms. The highest BCUT2D eigenvalue weighted by molar-refractivity contribution is 5.99. The van der Waals surface area contributed by atoms with Crippen LogP contribution < -0.4 is 14.2 Å². The number of hydrogen-bond donors (Lipinski definition) is 0. The maximum Gasteiger partial charge on any atom is 0.257 e. The molecule has 2 aromatic rings. The van der Waals surface area contributed by atoms with Gasteiger partial charge in [-0.25, -0.2) is 0 Å². The SMILES string of the molecule is COc1ccc(C(=O)N2CC(c3ccncc3)C2)c(OC)c1OC. The van der Waals surface area contributed by atoms with Crippen LogP contribution in [0.15, 0.2) is 36.7 Å². The Hall–Kier alpha value is -2.76. The molecule has 0 radical (unpaired) electrons. The Morgan fingerprint density at radius 2 is 1.67 bits per heavy atom. The predicted octanol–water partition coefficient (Wildman–Crippen LogP) is 2.35. The highest BCUT2D eigenvalue weighted by Gasteiger charge is 2.34. The maximum absolute atomic E-state index is 12.8. The third-order valence-electron chi connectivity index (χ3n) is 4.28. The Morgan fingerprint density at radius 3 is 2.25 bits per heavy atom. The monoisotopic (exact) mass is 328 g/mol. The van der Waals surface area contributed by atoms with E-state index in [0.29, 0.717) is 41.8 Å². The number of benzene rings is 1. The fourth-order valence-corrected chi connectivity index (χ4v) is 2.93. The molecular formula is C18H20N2O4. The molecule has 1 aromatic carbocycles. The molecule has 2 heterocycles. The Labute approximate surface area is 141 Å². The Bertz CT molecular complexity index is 727. The highest BCUT2D eigenvalue weighted by atomic mass is 16.5. The van der Waals surface area contributed by atoms with E-state index in [4.69, 9.17) is 14.2 Å². The Morgan fingerprint density at radius 1 is 1.00 bits per heavy atom. The number of likely N-dealkylation sites (tertiary alicyclic amines) is 1. The lowest BCUT2D eigenvalue weighted by Gasteiger charge is -2.39. The van der Waals surface area contributed by atoms with Crippen molar-refractivity contribution in [1.29, 1.82) is 0 Å². The van der Waals surface area contributed by atoms with Crippen LogP contribution in [0, 0.1) is 0 Å². The van der Waals surface area contributed by atoms with E-state index in [1.165, 1.54) is 19.8 Å². The lowest BCUT2D eigenvalue weighted by atomic mass is 9.91. The van der Waals surface area contributed by atoms with Crippen molar-refractivity contribution in [3.8, 4) is 17.2 Å². The number of ether oxygens (including phenoxy) is 3. The lowest BCUT2D eigenvalue weighted by molar-refractivity contribution is 0.0598. The Balaban J connectivity index is 1.79. The number of carbonyl (C=O) groups is 1. The van der Waals surface area contributed by atoms with E-state index < -0.39 is 0 Å². The molecule has 1 aliphatic heterocycles. The predicted molar refractivity (Wildman–Crippen MR) is 89.0 cm³/mol. The molecule has 1 fully saturated rings. The number of aromatic nitrogens is 1. The zero-order valence-corrected chi connectivity index (χ0v) is 14.0. The van der Waals surface area contributed by atoms with Gasteiger partial charge in [0.05, 0.1) is 26.9 Å². The number of rotatable bonds is 5. The number of nitrogens with zero attached hydrogens (tertiary/aromatic N) is 2. The summed E-state index contributed by atoms with van der Waals surface area (Å²) >= 11 is 0. The van der Waals surface area contributed by atoms with Gasteiger partial charge in [-0.15, -0.1) is 0 Å². The van der Waals surface area contributed by atoms with Crippen molar-refractivity contribution in [2.24, 2.45) is 0 Å². The van der Waals surface area contributed by atoms with E-state index in [1.54, 1.807) is 36.5 Å². The van der Waals surface area contributed by atoms with Crippen LogP contribution in [-0.4, -0.2) is 50.2 Å². The number of pyridine rings is 1. The van der Waals surface area contributed by atoms with E-state index in [-0.39, 0.29) is 5.91 Å². The van der Waals surface area contributed by atoms with Crippen molar-refractivity contribution in [3.63, 3.8) is 0 Å². The van der Waals surface area contributed by atoms with Crippen LogP contribution in [-0.2, 0) is 0 Å². The molecule has 1 saturated heterocycles. The minimum Gasteiger partial charge on any atom is -0.493 e. The molecular weight excluding hydrogens is 308 g/mol. The zero-order valence-electron chi connectivity index (χ0n) is 14.0. The van der Waals surface area contributed by atoms with E-state index in [0.717, 1.165) is 0 Å². The molecule has 0 N–H and O–H groups in total. The third-order valence-corrected chi connectivity index (χ3v) is 4.28. The second-order valence-corrected chi connectivity index (χ2v) is 5.57. The van der Waals surface area contributed by atoms with Crippen molar-refractivity contribution in [3.05, 3.63) is 47.8 Å². The molecule has 1 aromatic heterocycles. The van der Waals surface area contributed by atoms with Crippen LogP contribution in [0.1, 0.15) is 21.8 Å². The molecule has 0 spiro atoms. The number of hydrogen-bond acceptors (Lipinski definition) is 5. The van der Waals surface area contributed by atoms with E-state index in [9.17, 15) is 4.79 Å². The molecule has 0 saturated carbocycles. The summed E-state index contributed by atoms with van der Waals surface area (Å²) in [5.74, 6) is 1.64. The van der Waals surface area contributed by atoms with Gasteiger partial charge in [-0.2, -0.15) is 0 Å². The standard InChI is InChI=1S/C18H20N2O4/c1-22-15-5-4-14(16(23-2)17(15)24-3)18(21)20-10-13(11-20)12-6-8-19-9-7-12/h4-9,13H,10-11H2,1-3H3. The van der Waals surface area contributed by atoms with Gasteiger partial charge in [0, 0.05) is 31.4 Å². The number of methoxy groups -OCH3 is 3. The summed E-state index contributed by atoms with van der Waals surface area (Å²) in [6.07, 6.45) is 3.55. The molecule has 3 rings (SSSR count). The minimum atomic E-state index is -0.0712. The highest BCUT2D eigenvalue weighted by Crippen LogP contribution is 2.41. The molecule has 1 amide bonds. The average molecular weight is 328 g/mol. The van der Waals surface area contributed by atoms with Crippen LogP contribution in [0.4, 0.5) is 0 Å². The molecule has 0 unspecified atom stereocenters. The second kappa shape index (κ2) is 6.78. The molecule has 0 atom stereocenters. The van der Waals surface area contributed by atoms with E-state index in [1.807, 2.05) is 12.1 Å². The van der Waals surface area contributed by atoms with Crippen molar-refractivity contribution in [2.75, 3.05) is 34.4 Å². The van der Waals surface area contributed by atoms with Crippen molar-refractivity contribution in [1.82, 2.24) is 9.88 Å². The largest absolute Gasteiger partial charge is 0.493 e. The average Bonchev–Trinajstić information content (AvgIpc) is 2.59. The molecule has 1 aliphatic rings. The molecule has 6 nitrogen and oxygen atoms in total. The van der Waals surface area contributed by atoms with Gasteiger partial charge in [0.1, 0.15) is 0 Å². The van der Waals surface area contributed by atoms with Crippen LogP contribution in [0.2, 0.25) is 0 Å². The van der Waals surface area contributed by atoms with Crippen molar-refractivity contribution >= 4 is 5.91 Å². The first-order valence-corrected chi connectivity index (χ1v) is 7.67.